The number of amides is 1. The summed E-state index contributed by atoms with van der Waals surface area (Å²) in [6, 6.07) is 1.49. The van der Waals surface area contributed by atoms with E-state index < -0.39 is 35.3 Å². The van der Waals surface area contributed by atoms with Crippen molar-refractivity contribution in [3.8, 4) is 0 Å². The minimum atomic E-state index is -1.58. The molecule has 3 nitrogen and oxygen atoms in total. The van der Waals surface area contributed by atoms with Gasteiger partial charge in [-0.1, -0.05) is 20.8 Å². The molecular weight excluding hydrogens is 259 g/mol. The van der Waals surface area contributed by atoms with Gasteiger partial charge in [0, 0.05) is 5.41 Å². The summed E-state index contributed by atoms with van der Waals surface area (Å²) in [5, 5.41) is 10.0. The van der Waals surface area contributed by atoms with Crippen molar-refractivity contribution < 1.29 is 23.2 Å². The van der Waals surface area contributed by atoms with E-state index in [0.717, 1.165) is 12.1 Å². The Morgan fingerprint density at radius 2 is 1.74 bits per heavy atom. The van der Waals surface area contributed by atoms with Crippen LogP contribution in [0.25, 0.3) is 0 Å². The van der Waals surface area contributed by atoms with Crippen LogP contribution in [0.3, 0.4) is 0 Å². The summed E-state index contributed by atoms with van der Waals surface area (Å²) in [7, 11) is 0. The summed E-state index contributed by atoms with van der Waals surface area (Å²) in [6.45, 7) is 4.66. The van der Waals surface area contributed by atoms with E-state index in [-0.39, 0.29) is 5.56 Å². The smallest absolute Gasteiger partial charge is 0.251 e. The van der Waals surface area contributed by atoms with Crippen LogP contribution in [0.5, 0.6) is 0 Å². The minimum absolute atomic E-state index is 0.0286. The zero-order valence-electron chi connectivity index (χ0n) is 11.0. The molecule has 0 unspecified atom stereocenters. The van der Waals surface area contributed by atoms with Gasteiger partial charge in [-0.25, -0.2) is 18.2 Å². The van der Waals surface area contributed by atoms with Gasteiger partial charge in [0.15, 0.2) is 17.5 Å². The summed E-state index contributed by atoms with van der Waals surface area (Å²) in [6.07, 6.45) is 0.495. The summed E-state index contributed by atoms with van der Waals surface area (Å²) in [5.74, 6) is -4.86. The van der Waals surface area contributed by atoms with Crippen molar-refractivity contribution in [1.29, 1.82) is 0 Å². The fraction of sp³-hybridized carbons (Fsp3) is 0.462. The lowest BCUT2D eigenvalue weighted by molar-refractivity contribution is -0.178. The van der Waals surface area contributed by atoms with E-state index in [1.165, 1.54) is 0 Å². The molecule has 1 aromatic rings. The first-order chi connectivity index (χ1) is 8.69. The van der Waals surface area contributed by atoms with E-state index in [4.69, 9.17) is 0 Å². The van der Waals surface area contributed by atoms with Crippen LogP contribution in [-0.2, 0) is 11.3 Å². The van der Waals surface area contributed by atoms with E-state index in [0.29, 0.717) is 11.5 Å². The molecule has 0 aromatic heterocycles. The number of hydrogen-bond donors (Lipinski definition) is 1. The molecule has 0 atom stereocenters. The highest BCUT2D eigenvalue weighted by molar-refractivity contribution is 5.80. The lowest BCUT2D eigenvalue weighted by atomic mass is 9.89. The molecule has 0 bridgehead atoms. The first-order valence-corrected chi connectivity index (χ1v) is 5.83. The Balaban J connectivity index is 2.89. The Kier molecular flexibility index (Phi) is 4.57. The molecule has 1 N–H and O–H groups in total. The number of carbonyl (C=O) groups is 1. The SMILES string of the molecule is CCC(C)(C)C(=O)N(O)Cc1cc(F)c(F)c(F)c1. The van der Waals surface area contributed by atoms with Gasteiger partial charge in [0.05, 0.1) is 6.54 Å². The summed E-state index contributed by atoms with van der Waals surface area (Å²) >= 11 is 0. The quantitative estimate of drug-likeness (QED) is 0.520. The maximum Gasteiger partial charge on any atom is 0.251 e. The van der Waals surface area contributed by atoms with E-state index in [1.54, 1.807) is 20.8 Å². The van der Waals surface area contributed by atoms with Crippen LogP contribution < -0.4 is 0 Å². The normalized spacial score (nSPS) is 11.5. The molecule has 0 radical (unpaired) electrons. The summed E-state index contributed by atoms with van der Waals surface area (Å²) in [5.41, 5.74) is -0.814. The molecular formula is C13H16F3NO2. The van der Waals surface area contributed by atoms with E-state index >= 15 is 0 Å². The lowest BCUT2D eigenvalue weighted by Crippen LogP contribution is -2.38. The van der Waals surface area contributed by atoms with Gasteiger partial charge in [0.1, 0.15) is 0 Å². The van der Waals surface area contributed by atoms with Crippen molar-refractivity contribution in [3.63, 3.8) is 0 Å². The second kappa shape index (κ2) is 5.61. The van der Waals surface area contributed by atoms with Crippen molar-refractivity contribution in [2.45, 2.75) is 33.7 Å². The van der Waals surface area contributed by atoms with E-state index in [1.807, 2.05) is 0 Å². The van der Waals surface area contributed by atoms with Crippen LogP contribution in [0.15, 0.2) is 12.1 Å². The molecule has 0 saturated carbocycles. The summed E-state index contributed by atoms with van der Waals surface area (Å²) in [4.78, 5) is 11.9. The van der Waals surface area contributed by atoms with Crippen LogP contribution in [0.1, 0.15) is 32.8 Å². The average Bonchev–Trinajstić information content (AvgIpc) is 2.34. The van der Waals surface area contributed by atoms with Crippen molar-refractivity contribution in [2.24, 2.45) is 5.41 Å². The highest BCUT2D eigenvalue weighted by Crippen LogP contribution is 2.23. The molecule has 19 heavy (non-hydrogen) atoms. The van der Waals surface area contributed by atoms with Gasteiger partial charge in [-0.2, -0.15) is 0 Å². The van der Waals surface area contributed by atoms with Crippen molar-refractivity contribution in [1.82, 2.24) is 5.06 Å². The van der Waals surface area contributed by atoms with Crippen LogP contribution in [0, 0.1) is 22.9 Å². The molecule has 0 saturated heterocycles. The number of hydroxylamine groups is 2. The molecule has 0 heterocycles. The van der Waals surface area contributed by atoms with Crippen molar-refractivity contribution >= 4 is 5.91 Å². The number of hydrogen-bond acceptors (Lipinski definition) is 2. The third kappa shape index (κ3) is 3.47. The predicted octanol–water partition coefficient (Wildman–Crippen LogP) is 3.26. The topological polar surface area (TPSA) is 40.5 Å². The Morgan fingerprint density at radius 1 is 1.26 bits per heavy atom. The van der Waals surface area contributed by atoms with Crippen molar-refractivity contribution in [3.05, 3.63) is 35.1 Å². The fourth-order valence-electron chi connectivity index (χ4n) is 1.44. The van der Waals surface area contributed by atoms with Crippen LogP contribution >= 0.6 is 0 Å². The lowest BCUT2D eigenvalue weighted by Gasteiger charge is -2.26. The van der Waals surface area contributed by atoms with E-state index in [2.05, 4.69) is 0 Å². The molecule has 1 amide bonds. The third-order valence-electron chi connectivity index (χ3n) is 3.07. The molecule has 106 valence electrons. The number of nitrogens with zero attached hydrogens (tertiary/aromatic N) is 1. The highest BCUT2D eigenvalue weighted by atomic mass is 19.2. The minimum Gasteiger partial charge on any atom is -0.286 e. The van der Waals surface area contributed by atoms with Gasteiger partial charge in [-0.15, -0.1) is 0 Å². The fourth-order valence-corrected chi connectivity index (χ4v) is 1.44. The van der Waals surface area contributed by atoms with Gasteiger partial charge in [-0.3, -0.25) is 10.0 Å². The molecule has 0 fully saturated rings. The zero-order chi connectivity index (χ0) is 14.8. The Hall–Kier alpha value is -1.56. The zero-order valence-corrected chi connectivity index (χ0v) is 11.0. The first-order valence-electron chi connectivity index (χ1n) is 5.83. The number of rotatable bonds is 4. The second-order valence-corrected chi connectivity index (χ2v) is 4.97. The van der Waals surface area contributed by atoms with E-state index in [9.17, 15) is 23.2 Å². The van der Waals surface area contributed by atoms with Gasteiger partial charge < -0.3 is 0 Å². The monoisotopic (exact) mass is 275 g/mol. The van der Waals surface area contributed by atoms with Gasteiger partial charge in [0.2, 0.25) is 0 Å². The molecule has 6 heteroatoms. The standard InChI is InChI=1S/C13H16F3NO2/c1-4-13(2,3)12(18)17(19)7-8-5-9(14)11(16)10(15)6-8/h5-6,19H,4,7H2,1-3H3. The first kappa shape index (κ1) is 15.5. The van der Waals surface area contributed by atoms with Crippen LogP contribution in [0.2, 0.25) is 0 Å². The molecule has 1 aromatic carbocycles. The van der Waals surface area contributed by atoms with Gasteiger partial charge in [0.25, 0.3) is 5.91 Å². The number of benzene rings is 1. The number of halogens is 3. The van der Waals surface area contributed by atoms with Crippen molar-refractivity contribution in [2.75, 3.05) is 0 Å². The molecule has 1 rings (SSSR count). The Labute approximate surface area is 109 Å². The Bertz CT molecular complexity index is 466. The Morgan fingerprint density at radius 3 is 2.16 bits per heavy atom. The summed E-state index contributed by atoms with van der Waals surface area (Å²) < 4.78 is 38.7. The van der Waals surface area contributed by atoms with Gasteiger partial charge >= 0.3 is 0 Å². The number of carbonyl (C=O) groups excluding carboxylic acids is 1. The third-order valence-corrected chi connectivity index (χ3v) is 3.07. The highest BCUT2D eigenvalue weighted by Gasteiger charge is 2.30. The maximum absolute atomic E-state index is 13.0. The molecule has 0 aliphatic rings. The van der Waals surface area contributed by atoms with Crippen LogP contribution in [-0.4, -0.2) is 16.2 Å². The maximum atomic E-state index is 13.0. The molecule has 0 aliphatic heterocycles. The molecule has 0 aliphatic carbocycles. The average molecular weight is 275 g/mol. The van der Waals surface area contributed by atoms with Crippen LogP contribution in [0.4, 0.5) is 13.2 Å². The predicted molar refractivity (Wildman–Crippen MR) is 62.7 cm³/mol. The molecule has 0 spiro atoms. The second-order valence-electron chi connectivity index (χ2n) is 4.97. The van der Waals surface area contributed by atoms with Gasteiger partial charge in [-0.05, 0) is 24.1 Å². The largest absolute Gasteiger partial charge is 0.286 e.